The van der Waals surface area contributed by atoms with E-state index in [4.69, 9.17) is 9.47 Å². The van der Waals surface area contributed by atoms with Crippen LogP contribution in [0.15, 0.2) is 96.2 Å². The van der Waals surface area contributed by atoms with Crippen molar-refractivity contribution in [2.45, 2.75) is 114 Å². The van der Waals surface area contributed by atoms with Crippen molar-refractivity contribution >= 4 is 38.9 Å². The number of piperazine rings is 1. The highest BCUT2D eigenvalue weighted by Crippen LogP contribution is 2.53. The summed E-state index contributed by atoms with van der Waals surface area (Å²) >= 11 is 0. The number of benzene rings is 3. The molecule has 2 aromatic heterocycles. The zero-order valence-electron chi connectivity index (χ0n) is 44.1. The van der Waals surface area contributed by atoms with Gasteiger partial charge in [0.15, 0.2) is 11.5 Å². The van der Waals surface area contributed by atoms with Gasteiger partial charge in [-0.25, -0.2) is 26.9 Å². The van der Waals surface area contributed by atoms with Gasteiger partial charge in [0.25, 0.3) is 15.9 Å². The second-order valence-corrected chi connectivity index (χ2v) is 24.0. The van der Waals surface area contributed by atoms with E-state index < -0.39 is 32.4 Å². The normalized spacial score (nSPS) is 22.4. The van der Waals surface area contributed by atoms with Gasteiger partial charge in [-0.1, -0.05) is 44.2 Å². The summed E-state index contributed by atoms with van der Waals surface area (Å²) in [5, 5.41) is 26.0. The van der Waals surface area contributed by atoms with Crippen LogP contribution in [0.3, 0.4) is 0 Å². The molecule has 3 aromatic carbocycles. The van der Waals surface area contributed by atoms with Gasteiger partial charge in [0, 0.05) is 99.3 Å². The molecule has 2 saturated carbocycles. The molecule has 0 radical (unpaired) electrons. The molecule has 1 amide bonds. The number of pyridine rings is 2. The van der Waals surface area contributed by atoms with Crippen LogP contribution >= 0.6 is 0 Å². The van der Waals surface area contributed by atoms with E-state index in [1.54, 1.807) is 19.2 Å². The number of methoxy groups -OCH3 is 1. The molecule has 15 nitrogen and oxygen atoms in total. The van der Waals surface area contributed by atoms with Gasteiger partial charge in [-0.2, -0.15) is 0 Å². The standard InChI is InChI=1S/C58H70F2N8O7S/c1-37(2)45-8-6-7-9-46(45)53-36-66(35-39-10-12-42(74-5)28-50(39)60)24-25-68(53)41-30-58(31-41)20-22-67(23-21-58)40-11-13-47(54(26-40)75-43-27-48-49(59)14-15-51(48)61-33-43)56(69)64-76(72,73)44-29-52(65(4)71)55(63-34-44)62-32-38-16-18-57(3,70)19-17-38/h6-14,26-29,33-34,37-38,41,53,65,70H,15-25,30-32,35-36H2,1-5H3,(H,62,63)(H,64,69)/t38-,53-,57-/m0/s1. The van der Waals surface area contributed by atoms with E-state index in [-0.39, 0.29) is 56.7 Å². The van der Waals surface area contributed by atoms with Gasteiger partial charge < -0.3 is 35.1 Å². The van der Waals surface area contributed by atoms with Crippen molar-refractivity contribution in [1.29, 1.82) is 0 Å². The van der Waals surface area contributed by atoms with Crippen LogP contribution in [-0.2, 0) is 23.0 Å². The number of ether oxygens (including phenoxy) is 2. The number of piperidine rings is 1. The summed E-state index contributed by atoms with van der Waals surface area (Å²) in [6, 6.07) is 22.2. The average molecular weight is 1060 g/mol. The molecule has 2 aliphatic heterocycles. The van der Waals surface area contributed by atoms with Crippen molar-refractivity contribution in [3.63, 3.8) is 0 Å². The smallest absolute Gasteiger partial charge is 0.268 e. The minimum absolute atomic E-state index is 0.0613. The number of aliphatic hydroxyl groups is 1. The average Bonchev–Trinajstić information content (AvgIpc) is 3.77. The molecule has 0 bridgehead atoms. The Balaban J connectivity index is 0.836. The molecule has 3 aliphatic carbocycles. The largest absolute Gasteiger partial charge is 0.629 e. The van der Waals surface area contributed by atoms with Crippen LogP contribution in [0, 0.1) is 22.4 Å². The van der Waals surface area contributed by atoms with Gasteiger partial charge in [0.1, 0.15) is 33.8 Å². The highest BCUT2D eigenvalue weighted by Gasteiger charge is 2.50. The van der Waals surface area contributed by atoms with E-state index in [0.29, 0.717) is 66.9 Å². The fourth-order valence-electron chi connectivity index (χ4n) is 12.2. The number of quaternary nitrogens is 1. The number of sulfonamides is 1. The van der Waals surface area contributed by atoms with Crippen LogP contribution in [0.2, 0.25) is 0 Å². The molecule has 1 spiro atoms. The molecule has 18 heteroatoms. The summed E-state index contributed by atoms with van der Waals surface area (Å²) in [6.45, 7) is 11.3. The van der Waals surface area contributed by atoms with E-state index in [9.17, 15) is 27.9 Å². The number of aromatic nitrogens is 2. The van der Waals surface area contributed by atoms with E-state index in [0.717, 1.165) is 83.1 Å². The number of carbonyl (C=O) groups excluding carboxylic acids is 1. The Bertz CT molecular complexity index is 3090. The summed E-state index contributed by atoms with van der Waals surface area (Å²) < 4.78 is 71.7. The Kier molecular flexibility index (Phi) is 15.3. The lowest BCUT2D eigenvalue weighted by atomic mass is 9.59. The van der Waals surface area contributed by atoms with Gasteiger partial charge in [-0.15, -0.1) is 0 Å². The second-order valence-electron chi connectivity index (χ2n) is 22.4. The van der Waals surface area contributed by atoms with E-state index in [1.807, 2.05) is 19.1 Å². The highest BCUT2D eigenvalue weighted by molar-refractivity contribution is 7.90. The van der Waals surface area contributed by atoms with Crippen molar-refractivity contribution in [1.82, 2.24) is 24.5 Å². The first-order chi connectivity index (χ1) is 36.4. The molecule has 10 rings (SSSR count). The van der Waals surface area contributed by atoms with Crippen LogP contribution in [0.1, 0.15) is 122 Å². The lowest BCUT2D eigenvalue weighted by Gasteiger charge is -2.58. The van der Waals surface area contributed by atoms with Gasteiger partial charge >= 0.3 is 0 Å². The fraction of sp³-hybridized carbons (Fsp3) is 0.466. The van der Waals surface area contributed by atoms with E-state index in [2.05, 4.69) is 72.8 Å². The van der Waals surface area contributed by atoms with Crippen molar-refractivity contribution in [3.05, 3.63) is 136 Å². The number of amides is 1. The number of hydrogen-bond donors (Lipinski definition) is 4. The first kappa shape index (κ1) is 53.4. The van der Waals surface area contributed by atoms with Crippen LogP contribution in [0.25, 0.3) is 5.83 Å². The molecule has 404 valence electrons. The molecule has 5 aromatic rings. The quantitative estimate of drug-likeness (QED) is 0.0691. The zero-order valence-corrected chi connectivity index (χ0v) is 44.9. The number of fused-ring (bicyclic) bond motifs is 1. The summed E-state index contributed by atoms with van der Waals surface area (Å²) in [5.41, 5.74) is 4.43. The van der Waals surface area contributed by atoms with Crippen molar-refractivity contribution in [2.75, 3.05) is 63.6 Å². The number of hydrogen-bond acceptors (Lipinski definition) is 13. The van der Waals surface area contributed by atoms with Crippen LogP contribution in [0.5, 0.6) is 17.2 Å². The van der Waals surface area contributed by atoms with Crippen LogP contribution in [0.4, 0.5) is 26.0 Å². The highest BCUT2D eigenvalue weighted by atomic mass is 32.2. The second kappa shape index (κ2) is 21.8. The molecule has 4 heterocycles. The Labute approximate surface area is 444 Å². The maximum Gasteiger partial charge on any atom is 0.268 e. The van der Waals surface area contributed by atoms with Gasteiger partial charge in [0.05, 0.1) is 43.4 Å². The molecule has 2 atom stereocenters. The molecule has 2 saturated heterocycles. The Morgan fingerprint density at radius 2 is 1.71 bits per heavy atom. The predicted molar refractivity (Wildman–Crippen MR) is 289 cm³/mol. The number of allylic oxidation sites excluding steroid dienone is 1. The number of rotatable bonds is 16. The fourth-order valence-corrected chi connectivity index (χ4v) is 13.1. The van der Waals surface area contributed by atoms with Gasteiger partial charge in [0.2, 0.25) is 0 Å². The predicted octanol–water partition coefficient (Wildman–Crippen LogP) is 8.83. The summed E-state index contributed by atoms with van der Waals surface area (Å²) in [6.07, 6.45) is 11.3. The topological polar surface area (TPSA) is 177 Å². The maximum absolute atomic E-state index is 15.2. The molecular weight excluding hydrogens is 991 g/mol. The van der Waals surface area contributed by atoms with E-state index >= 15 is 4.39 Å². The Hall–Kier alpha value is -6.02. The molecule has 1 unspecified atom stereocenters. The molecule has 76 heavy (non-hydrogen) atoms. The number of nitrogens with zero attached hydrogens (tertiary/aromatic N) is 5. The van der Waals surface area contributed by atoms with Gasteiger partial charge in [-0.05, 0) is 117 Å². The number of anilines is 2. The van der Waals surface area contributed by atoms with Crippen molar-refractivity contribution in [2.24, 2.45) is 11.3 Å². The van der Waals surface area contributed by atoms with Crippen molar-refractivity contribution in [3.8, 4) is 17.2 Å². The molecular formula is C58H70F2N8O7S. The molecule has 4 fully saturated rings. The minimum atomic E-state index is -4.56. The molecule has 5 aliphatic rings. The lowest BCUT2D eigenvalue weighted by Crippen LogP contribution is -2.98. The monoisotopic (exact) mass is 1060 g/mol. The lowest BCUT2D eigenvalue weighted by molar-refractivity contribution is -0.751. The first-order valence-corrected chi connectivity index (χ1v) is 28.2. The van der Waals surface area contributed by atoms with Gasteiger partial charge in [-0.3, -0.25) is 19.6 Å². The third kappa shape index (κ3) is 11.5. The number of hydroxylamine groups is 1. The van der Waals surface area contributed by atoms with Crippen LogP contribution < -0.4 is 29.5 Å². The van der Waals surface area contributed by atoms with Crippen LogP contribution in [-0.4, -0.2) is 104 Å². The summed E-state index contributed by atoms with van der Waals surface area (Å²) in [7, 11) is -1.69. The number of nitrogens with one attached hydrogen (secondary N) is 3. The summed E-state index contributed by atoms with van der Waals surface area (Å²) in [4.78, 5) is 29.9. The Morgan fingerprint density at radius 1 is 0.947 bits per heavy atom. The SMILES string of the molecule is COc1ccc(CN2CCN(C3CC4(CCN(c5ccc(C(=O)NS(=O)(=O)c6cnc(NC[C@H]7CC[C@](C)(O)CC7)c([NH+](C)[O-])c6)c(Oc6cnc7c(c6)C(F)=CC7)c5)CC4)C3)[C@H](c3ccccc3C(C)C)C2)c(F)c1. The number of carbonyl (C=O) groups is 1. The Morgan fingerprint density at radius 3 is 2.43 bits per heavy atom. The van der Waals surface area contributed by atoms with E-state index in [1.165, 1.54) is 54.7 Å². The third-order valence-corrected chi connectivity index (χ3v) is 18.1. The first-order valence-electron chi connectivity index (χ1n) is 26.7. The molecule has 4 N–H and O–H groups in total. The minimum Gasteiger partial charge on any atom is -0.629 e. The number of halogens is 2. The third-order valence-electron chi connectivity index (χ3n) is 16.8. The summed E-state index contributed by atoms with van der Waals surface area (Å²) in [5.74, 6) is -0.0690. The maximum atomic E-state index is 15.2. The zero-order chi connectivity index (χ0) is 53.5. The van der Waals surface area contributed by atoms with Crippen molar-refractivity contribution < 1.29 is 41.6 Å².